The molecule has 2 aromatic rings. The topological polar surface area (TPSA) is 73.4 Å². The average Bonchev–Trinajstić information content (AvgIpc) is 2.70. The number of aliphatic carboxylic acids is 1. The summed E-state index contributed by atoms with van der Waals surface area (Å²) in [4.78, 5) is 28.6. The van der Waals surface area contributed by atoms with Crippen LogP contribution in [0, 0.1) is 13.8 Å². The summed E-state index contributed by atoms with van der Waals surface area (Å²) in [6.45, 7) is 3.79. The molecule has 5 nitrogen and oxygen atoms in total. The molecule has 1 saturated carbocycles. The molecule has 1 aromatic heterocycles. The van der Waals surface area contributed by atoms with E-state index >= 15 is 0 Å². The van der Waals surface area contributed by atoms with Crippen molar-refractivity contribution in [2.24, 2.45) is 0 Å². The summed E-state index contributed by atoms with van der Waals surface area (Å²) >= 11 is 0. The van der Waals surface area contributed by atoms with Gasteiger partial charge in [0.15, 0.2) is 0 Å². The second-order valence-electron chi connectivity index (χ2n) is 6.05. The largest absolute Gasteiger partial charge is 0.480 e. The third kappa shape index (κ3) is 2.47. The van der Waals surface area contributed by atoms with Gasteiger partial charge in [-0.2, -0.15) is 0 Å². The standard InChI is InChI=1S/C17H20N2O3/c1-10-11(2)18-15-7-6-12(8-14(10)15)17(22)19(9-16(20)21)13-4-3-5-13/h6-8,13,18H,3-5,9H2,1-2H3,(H,20,21). The molecule has 0 atom stereocenters. The van der Waals surface area contributed by atoms with Crippen molar-refractivity contribution in [1.82, 2.24) is 9.88 Å². The minimum Gasteiger partial charge on any atom is -0.480 e. The van der Waals surface area contributed by atoms with Gasteiger partial charge >= 0.3 is 5.97 Å². The number of rotatable bonds is 4. The van der Waals surface area contributed by atoms with Gasteiger partial charge in [-0.05, 0) is 56.9 Å². The number of hydrogen-bond donors (Lipinski definition) is 2. The van der Waals surface area contributed by atoms with Crippen LogP contribution in [-0.4, -0.2) is 39.5 Å². The number of aromatic amines is 1. The van der Waals surface area contributed by atoms with Crippen LogP contribution in [0.4, 0.5) is 0 Å². The number of amides is 1. The molecular formula is C17H20N2O3. The van der Waals surface area contributed by atoms with Crippen LogP contribution in [0.1, 0.15) is 40.9 Å². The summed E-state index contributed by atoms with van der Waals surface area (Å²) in [6, 6.07) is 5.59. The van der Waals surface area contributed by atoms with E-state index in [1.807, 2.05) is 26.0 Å². The second kappa shape index (κ2) is 5.48. The van der Waals surface area contributed by atoms with Gasteiger partial charge in [-0.15, -0.1) is 0 Å². The monoisotopic (exact) mass is 300 g/mol. The molecule has 0 saturated heterocycles. The molecule has 0 radical (unpaired) electrons. The predicted molar refractivity (Wildman–Crippen MR) is 84.1 cm³/mol. The molecule has 0 spiro atoms. The van der Waals surface area contributed by atoms with Gasteiger partial charge in [-0.25, -0.2) is 0 Å². The van der Waals surface area contributed by atoms with Crippen LogP contribution in [-0.2, 0) is 4.79 Å². The molecule has 0 aliphatic heterocycles. The number of nitrogens with one attached hydrogen (secondary N) is 1. The lowest BCUT2D eigenvalue weighted by Gasteiger charge is -2.36. The highest BCUT2D eigenvalue weighted by atomic mass is 16.4. The molecule has 2 N–H and O–H groups in total. The molecule has 116 valence electrons. The SMILES string of the molecule is Cc1[nH]c2ccc(C(=O)N(CC(=O)O)C3CCC3)cc2c1C. The number of H-pyrrole nitrogens is 1. The Morgan fingerprint density at radius 3 is 2.64 bits per heavy atom. The molecule has 5 heteroatoms. The van der Waals surface area contributed by atoms with Crippen molar-refractivity contribution in [1.29, 1.82) is 0 Å². The summed E-state index contributed by atoms with van der Waals surface area (Å²) in [7, 11) is 0. The molecule has 1 fully saturated rings. The van der Waals surface area contributed by atoms with Crippen molar-refractivity contribution in [3.05, 3.63) is 35.0 Å². The number of hydrogen-bond acceptors (Lipinski definition) is 2. The number of carboxylic acid groups (broad SMARTS) is 1. The average molecular weight is 300 g/mol. The van der Waals surface area contributed by atoms with Crippen LogP contribution in [0.25, 0.3) is 10.9 Å². The summed E-state index contributed by atoms with van der Waals surface area (Å²) < 4.78 is 0. The number of carbonyl (C=O) groups excluding carboxylic acids is 1. The fourth-order valence-electron chi connectivity index (χ4n) is 2.97. The van der Waals surface area contributed by atoms with E-state index in [-0.39, 0.29) is 18.5 Å². The molecule has 0 unspecified atom stereocenters. The zero-order valence-corrected chi connectivity index (χ0v) is 12.8. The number of aromatic nitrogens is 1. The quantitative estimate of drug-likeness (QED) is 0.912. The van der Waals surface area contributed by atoms with E-state index in [9.17, 15) is 9.59 Å². The van der Waals surface area contributed by atoms with Crippen LogP contribution in [0.5, 0.6) is 0 Å². The van der Waals surface area contributed by atoms with Gasteiger partial charge in [-0.3, -0.25) is 9.59 Å². The normalized spacial score (nSPS) is 14.8. The van der Waals surface area contributed by atoms with Crippen molar-refractivity contribution in [2.75, 3.05) is 6.54 Å². The molecule has 3 rings (SSSR count). The number of aryl methyl sites for hydroxylation is 2. The van der Waals surface area contributed by atoms with Crippen molar-refractivity contribution in [3.8, 4) is 0 Å². The molecular weight excluding hydrogens is 280 g/mol. The number of fused-ring (bicyclic) bond motifs is 1. The van der Waals surface area contributed by atoms with E-state index in [0.717, 1.165) is 41.4 Å². The number of carbonyl (C=O) groups is 2. The fourth-order valence-corrected chi connectivity index (χ4v) is 2.97. The van der Waals surface area contributed by atoms with E-state index < -0.39 is 5.97 Å². The first kappa shape index (κ1) is 14.6. The maximum Gasteiger partial charge on any atom is 0.323 e. The Morgan fingerprint density at radius 1 is 1.32 bits per heavy atom. The Labute approximate surface area is 128 Å². The van der Waals surface area contributed by atoms with Gasteiger partial charge in [0.25, 0.3) is 5.91 Å². The van der Waals surface area contributed by atoms with Crippen LogP contribution < -0.4 is 0 Å². The van der Waals surface area contributed by atoms with Crippen LogP contribution in [0.3, 0.4) is 0 Å². The third-order valence-corrected chi connectivity index (χ3v) is 4.64. The highest BCUT2D eigenvalue weighted by molar-refractivity contribution is 6.00. The third-order valence-electron chi connectivity index (χ3n) is 4.64. The highest BCUT2D eigenvalue weighted by Gasteiger charge is 2.31. The molecule has 1 amide bonds. The number of nitrogens with zero attached hydrogens (tertiary/aromatic N) is 1. The summed E-state index contributed by atoms with van der Waals surface area (Å²) in [6.07, 6.45) is 2.84. The minimum atomic E-state index is -0.963. The lowest BCUT2D eigenvalue weighted by atomic mass is 9.91. The first-order valence-corrected chi connectivity index (χ1v) is 7.59. The Bertz CT molecular complexity index is 744. The molecule has 1 aromatic carbocycles. The lowest BCUT2D eigenvalue weighted by Crippen LogP contribution is -2.46. The van der Waals surface area contributed by atoms with E-state index in [1.165, 1.54) is 4.90 Å². The molecule has 1 heterocycles. The summed E-state index contributed by atoms with van der Waals surface area (Å²) in [5, 5.41) is 10.1. The Kier molecular flexibility index (Phi) is 3.64. The summed E-state index contributed by atoms with van der Waals surface area (Å²) in [5.74, 6) is -1.15. The Hall–Kier alpha value is -2.30. The molecule has 22 heavy (non-hydrogen) atoms. The van der Waals surface area contributed by atoms with Crippen molar-refractivity contribution < 1.29 is 14.7 Å². The molecule has 1 aliphatic carbocycles. The molecule has 0 bridgehead atoms. The van der Waals surface area contributed by atoms with E-state index in [4.69, 9.17) is 5.11 Å². The first-order chi connectivity index (χ1) is 10.5. The second-order valence-corrected chi connectivity index (χ2v) is 6.05. The number of benzene rings is 1. The number of carboxylic acids is 1. The van der Waals surface area contributed by atoms with Crippen molar-refractivity contribution in [2.45, 2.75) is 39.2 Å². The van der Waals surface area contributed by atoms with Gasteiger partial charge in [0.05, 0.1) is 0 Å². The maximum atomic E-state index is 12.7. The zero-order valence-electron chi connectivity index (χ0n) is 12.8. The van der Waals surface area contributed by atoms with E-state index in [1.54, 1.807) is 6.07 Å². The lowest BCUT2D eigenvalue weighted by molar-refractivity contribution is -0.138. The Balaban J connectivity index is 1.95. The smallest absolute Gasteiger partial charge is 0.323 e. The van der Waals surface area contributed by atoms with E-state index in [2.05, 4.69) is 4.98 Å². The minimum absolute atomic E-state index is 0.0633. The summed E-state index contributed by atoms with van der Waals surface area (Å²) in [5.41, 5.74) is 3.77. The van der Waals surface area contributed by atoms with Crippen molar-refractivity contribution in [3.63, 3.8) is 0 Å². The van der Waals surface area contributed by atoms with Crippen LogP contribution in [0.15, 0.2) is 18.2 Å². The van der Waals surface area contributed by atoms with Crippen LogP contribution >= 0.6 is 0 Å². The van der Waals surface area contributed by atoms with Gasteiger partial charge in [-0.1, -0.05) is 0 Å². The Morgan fingerprint density at radius 2 is 2.05 bits per heavy atom. The van der Waals surface area contributed by atoms with E-state index in [0.29, 0.717) is 5.56 Å². The first-order valence-electron chi connectivity index (χ1n) is 7.59. The van der Waals surface area contributed by atoms with Crippen molar-refractivity contribution >= 4 is 22.8 Å². The maximum absolute atomic E-state index is 12.7. The van der Waals surface area contributed by atoms with Gasteiger partial charge in [0, 0.05) is 28.2 Å². The zero-order chi connectivity index (χ0) is 15.9. The fraction of sp³-hybridized carbons (Fsp3) is 0.412. The van der Waals surface area contributed by atoms with Gasteiger partial charge in [0.1, 0.15) is 6.54 Å². The highest BCUT2D eigenvalue weighted by Crippen LogP contribution is 2.28. The predicted octanol–water partition coefficient (Wildman–Crippen LogP) is 2.86. The van der Waals surface area contributed by atoms with Gasteiger partial charge in [0.2, 0.25) is 0 Å². The van der Waals surface area contributed by atoms with Crippen LogP contribution in [0.2, 0.25) is 0 Å². The van der Waals surface area contributed by atoms with Gasteiger partial charge < -0.3 is 15.0 Å². The molecule has 1 aliphatic rings.